The monoisotopic (exact) mass is 377 g/mol. The van der Waals surface area contributed by atoms with E-state index in [0.717, 1.165) is 17.4 Å². The van der Waals surface area contributed by atoms with Crippen molar-refractivity contribution in [3.05, 3.63) is 46.5 Å². The van der Waals surface area contributed by atoms with Crippen molar-refractivity contribution in [2.75, 3.05) is 0 Å². The van der Waals surface area contributed by atoms with Crippen molar-refractivity contribution in [2.24, 2.45) is 0 Å². The lowest BCUT2D eigenvalue weighted by molar-refractivity contribution is -0.384. The van der Waals surface area contributed by atoms with Crippen LogP contribution in [-0.4, -0.2) is 18.8 Å². The number of nitrogens with zero attached hydrogens (tertiary/aromatic N) is 1. The highest BCUT2D eigenvalue weighted by Gasteiger charge is 2.48. The van der Waals surface area contributed by atoms with Gasteiger partial charge in [0.25, 0.3) is 5.69 Å². The van der Waals surface area contributed by atoms with Gasteiger partial charge in [-0.05, 0) is 12.1 Å². The SMILES string of the molecule is O=[N+]([O-])c1ccc2sc3c(OS(=O)(=O)C(F)(F)F)cccc3c2c1. The van der Waals surface area contributed by atoms with Crippen molar-refractivity contribution < 1.29 is 30.7 Å². The zero-order chi connectivity index (χ0) is 17.7. The molecule has 0 aliphatic carbocycles. The number of benzene rings is 2. The highest BCUT2D eigenvalue weighted by atomic mass is 32.2. The van der Waals surface area contributed by atoms with Gasteiger partial charge in [-0.3, -0.25) is 10.1 Å². The number of hydrogen-bond donors (Lipinski definition) is 0. The minimum absolute atomic E-state index is 0.154. The third kappa shape index (κ3) is 2.65. The first-order valence-electron chi connectivity index (χ1n) is 6.20. The lowest BCUT2D eigenvalue weighted by Gasteiger charge is -2.09. The molecule has 2 aromatic carbocycles. The molecule has 0 aliphatic rings. The molecule has 0 amide bonds. The molecular formula is C13H6F3NO5S2. The Morgan fingerprint density at radius 3 is 2.46 bits per heavy atom. The van der Waals surface area contributed by atoms with E-state index < -0.39 is 26.3 Å². The molecule has 126 valence electrons. The van der Waals surface area contributed by atoms with Crippen LogP contribution in [0.3, 0.4) is 0 Å². The summed E-state index contributed by atoms with van der Waals surface area (Å²) in [6, 6.07) is 7.90. The van der Waals surface area contributed by atoms with Gasteiger partial charge in [-0.15, -0.1) is 11.3 Å². The second kappa shape index (κ2) is 5.31. The van der Waals surface area contributed by atoms with Crippen LogP contribution >= 0.6 is 11.3 Å². The van der Waals surface area contributed by atoms with Crippen LogP contribution in [0, 0.1) is 10.1 Å². The van der Waals surface area contributed by atoms with Gasteiger partial charge in [0.05, 0.1) is 9.62 Å². The standard InChI is InChI=1S/C13H6F3NO5S2/c14-13(15,16)24(20,21)22-10-3-1-2-8-9-6-7(17(18)19)4-5-11(9)23-12(8)10/h1-6H. The Kier molecular flexibility index (Phi) is 3.64. The van der Waals surface area contributed by atoms with Gasteiger partial charge < -0.3 is 4.18 Å². The Balaban J connectivity index is 2.21. The summed E-state index contributed by atoms with van der Waals surface area (Å²) >= 11 is 0.981. The molecule has 1 aromatic heterocycles. The van der Waals surface area contributed by atoms with E-state index in [-0.39, 0.29) is 10.4 Å². The highest BCUT2D eigenvalue weighted by Crippen LogP contribution is 2.41. The van der Waals surface area contributed by atoms with E-state index in [2.05, 4.69) is 4.18 Å². The first-order valence-corrected chi connectivity index (χ1v) is 8.43. The molecule has 0 spiro atoms. The molecule has 0 N–H and O–H groups in total. The van der Waals surface area contributed by atoms with Crippen LogP contribution in [-0.2, 0) is 10.1 Å². The Labute approximate surface area is 136 Å². The molecule has 0 saturated carbocycles. The van der Waals surface area contributed by atoms with E-state index in [0.29, 0.717) is 15.5 Å². The summed E-state index contributed by atoms with van der Waals surface area (Å²) in [5.41, 5.74) is -5.73. The first kappa shape index (κ1) is 16.5. The molecule has 0 radical (unpaired) electrons. The largest absolute Gasteiger partial charge is 0.534 e. The van der Waals surface area contributed by atoms with E-state index in [1.165, 1.54) is 30.3 Å². The van der Waals surface area contributed by atoms with Crippen LogP contribution < -0.4 is 4.18 Å². The summed E-state index contributed by atoms with van der Waals surface area (Å²) in [6.45, 7) is 0. The number of hydrogen-bond acceptors (Lipinski definition) is 6. The van der Waals surface area contributed by atoms with Crippen LogP contribution in [0.2, 0.25) is 0 Å². The Hall–Kier alpha value is -2.40. The summed E-state index contributed by atoms with van der Waals surface area (Å²) in [7, 11) is -5.80. The number of halogens is 3. The molecule has 0 atom stereocenters. The van der Waals surface area contributed by atoms with Crippen LogP contribution in [0.15, 0.2) is 36.4 Å². The van der Waals surface area contributed by atoms with Crippen molar-refractivity contribution in [1.29, 1.82) is 0 Å². The number of thiophene rings is 1. The third-order valence-corrected chi connectivity index (χ3v) is 5.31. The molecule has 6 nitrogen and oxygen atoms in total. The predicted molar refractivity (Wildman–Crippen MR) is 81.6 cm³/mol. The van der Waals surface area contributed by atoms with Crippen molar-refractivity contribution in [1.82, 2.24) is 0 Å². The molecule has 0 bridgehead atoms. The van der Waals surface area contributed by atoms with Gasteiger partial charge >= 0.3 is 15.6 Å². The zero-order valence-electron chi connectivity index (χ0n) is 11.4. The van der Waals surface area contributed by atoms with Gasteiger partial charge in [0.2, 0.25) is 0 Å². The first-order chi connectivity index (χ1) is 11.1. The summed E-state index contributed by atoms with van der Waals surface area (Å²) in [4.78, 5) is 10.2. The minimum atomic E-state index is -5.80. The number of fused-ring (bicyclic) bond motifs is 3. The fourth-order valence-electron chi connectivity index (χ4n) is 2.11. The highest BCUT2D eigenvalue weighted by molar-refractivity contribution is 7.88. The molecule has 0 unspecified atom stereocenters. The maximum Gasteiger partial charge on any atom is 0.534 e. The van der Waals surface area contributed by atoms with Gasteiger partial charge in [-0.25, -0.2) is 0 Å². The molecule has 0 fully saturated rings. The lowest BCUT2D eigenvalue weighted by atomic mass is 10.1. The van der Waals surface area contributed by atoms with Gasteiger partial charge in [0, 0.05) is 27.6 Å². The topological polar surface area (TPSA) is 86.5 Å². The zero-order valence-corrected chi connectivity index (χ0v) is 13.0. The van der Waals surface area contributed by atoms with Crippen molar-refractivity contribution in [2.45, 2.75) is 5.51 Å². The minimum Gasteiger partial charge on any atom is -0.374 e. The number of alkyl halides is 3. The van der Waals surface area contributed by atoms with Crippen molar-refractivity contribution in [3.63, 3.8) is 0 Å². The van der Waals surface area contributed by atoms with Crippen LogP contribution in [0.25, 0.3) is 20.2 Å². The quantitative estimate of drug-likeness (QED) is 0.296. The van der Waals surface area contributed by atoms with Gasteiger partial charge in [0.15, 0.2) is 5.75 Å². The average molecular weight is 377 g/mol. The second-order valence-corrected chi connectivity index (χ2v) is 7.25. The number of non-ortho nitro benzene ring substituents is 1. The molecule has 0 aliphatic heterocycles. The van der Waals surface area contributed by atoms with E-state index in [4.69, 9.17) is 0 Å². The summed E-state index contributed by atoms with van der Waals surface area (Å²) < 4.78 is 64.7. The Bertz CT molecular complexity index is 1070. The fourth-order valence-corrected chi connectivity index (χ4v) is 3.76. The van der Waals surface area contributed by atoms with Crippen LogP contribution in [0.5, 0.6) is 5.75 Å². The van der Waals surface area contributed by atoms with Gasteiger partial charge in [0.1, 0.15) is 0 Å². The molecule has 11 heteroatoms. The number of nitro groups is 1. The molecule has 0 saturated heterocycles. The summed E-state index contributed by atoms with van der Waals surface area (Å²) in [6.07, 6.45) is 0. The molecule has 24 heavy (non-hydrogen) atoms. The summed E-state index contributed by atoms with van der Waals surface area (Å²) in [5.74, 6) is -0.478. The maximum absolute atomic E-state index is 12.5. The number of nitro benzene ring substituents is 1. The Morgan fingerprint density at radius 1 is 1.12 bits per heavy atom. The summed E-state index contributed by atoms with van der Waals surface area (Å²) in [5, 5.41) is 11.6. The fraction of sp³-hybridized carbons (Fsp3) is 0.0769. The smallest absolute Gasteiger partial charge is 0.374 e. The van der Waals surface area contributed by atoms with Crippen LogP contribution in [0.4, 0.5) is 18.9 Å². The maximum atomic E-state index is 12.5. The third-order valence-electron chi connectivity index (χ3n) is 3.14. The van der Waals surface area contributed by atoms with Gasteiger partial charge in [-0.1, -0.05) is 12.1 Å². The molecule has 3 rings (SSSR count). The average Bonchev–Trinajstić information content (AvgIpc) is 2.84. The number of rotatable bonds is 3. The van der Waals surface area contributed by atoms with E-state index in [1.807, 2.05) is 0 Å². The van der Waals surface area contributed by atoms with E-state index >= 15 is 0 Å². The second-order valence-electron chi connectivity index (χ2n) is 4.66. The Morgan fingerprint density at radius 2 is 1.83 bits per heavy atom. The molecule has 1 heterocycles. The molecular weight excluding hydrogens is 371 g/mol. The molecule has 3 aromatic rings. The normalized spacial score (nSPS) is 12.6. The van der Waals surface area contributed by atoms with E-state index in [1.54, 1.807) is 0 Å². The van der Waals surface area contributed by atoms with Crippen LogP contribution in [0.1, 0.15) is 0 Å². The lowest BCUT2D eigenvalue weighted by Crippen LogP contribution is -2.28. The van der Waals surface area contributed by atoms with E-state index in [9.17, 15) is 31.7 Å². The van der Waals surface area contributed by atoms with Gasteiger partial charge in [-0.2, -0.15) is 21.6 Å². The van der Waals surface area contributed by atoms with Crippen molar-refractivity contribution in [3.8, 4) is 5.75 Å². The predicted octanol–water partition coefficient (Wildman–Crippen LogP) is 4.19. The van der Waals surface area contributed by atoms with Crippen molar-refractivity contribution >= 4 is 47.3 Å².